The van der Waals surface area contributed by atoms with Crippen molar-refractivity contribution in [2.75, 3.05) is 11.9 Å². The lowest BCUT2D eigenvalue weighted by Crippen LogP contribution is -2.16. The second-order valence-corrected chi connectivity index (χ2v) is 5.51. The second kappa shape index (κ2) is 6.57. The first-order valence-electron chi connectivity index (χ1n) is 6.69. The molecule has 0 bridgehead atoms. The van der Waals surface area contributed by atoms with Crippen LogP contribution in [0.2, 0.25) is 0 Å². The minimum atomic E-state index is -0.140. The van der Waals surface area contributed by atoms with Gasteiger partial charge in [0.2, 0.25) is 5.91 Å². The summed E-state index contributed by atoms with van der Waals surface area (Å²) in [7, 11) is 0. The summed E-state index contributed by atoms with van der Waals surface area (Å²) < 4.78 is 8.07. The van der Waals surface area contributed by atoms with Crippen LogP contribution in [0.25, 0.3) is 5.65 Å². The minimum Gasteiger partial charge on any atom is -0.493 e. The Morgan fingerprint density at radius 3 is 2.95 bits per heavy atom. The summed E-state index contributed by atoms with van der Waals surface area (Å²) in [5.41, 5.74) is 1.21. The van der Waals surface area contributed by atoms with E-state index in [-0.39, 0.29) is 12.3 Å². The molecule has 0 atom stereocenters. The van der Waals surface area contributed by atoms with E-state index in [4.69, 9.17) is 4.74 Å². The van der Waals surface area contributed by atoms with Crippen molar-refractivity contribution < 1.29 is 9.53 Å². The van der Waals surface area contributed by atoms with Crippen LogP contribution < -0.4 is 10.1 Å². The smallest absolute Gasteiger partial charge is 0.227 e. The van der Waals surface area contributed by atoms with Crippen molar-refractivity contribution in [2.24, 2.45) is 0 Å². The molecule has 112 valence electrons. The lowest BCUT2D eigenvalue weighted by molar-refractivity contribution is -0.116. The number of hydrogen-bond acceptors (Lipinski definition) is 4. The lowest BCUT2D eigenvalue weighted by atomic mass is 10.3. The second-order valence-electron chi connectivity index (χ2n) is 4.59. The lowest BCUT2D eigenvalue weighted by Gasteiger charge is -2.08. The standard InChI is InChI=1S/C15H13BrN4O2/c16-11-8-13(15-19-17-10-20(15)9-11)18-14(21)6-7-22-12-4-2-1-3-5-12/h1-5,8-10H,6-7H2,(H,18,21). The van der Waals surface area contributed by atoms with E-state index in [9.17, 15) is 4.79 Å². The van der Waals surface area contributed by atoms with Crippen molar-refractivity contribution in [3.05, 3.63) is 53.4 Å². The van der Waals surface area contributed by atoms with Crippen LogP contribution in [0.15, 0.2) is 53.4 Å². The monoisotopic (exact) mass is 360 g/mol. The summed E-state index contributed by atoms with van der Waals surface area (Å²) in [6, 6.07) is 11.2. The molecular formula is C15H13BrN4O2. The molecule has 7 heteroatoms. The maximum atomic E-state index is 12.0. The van der Waals surface area contributed by atoms with E-state index in [1.165, 1.54) is 0 Å². The predicted molar refractivity (Wildman–Crippen MR) is 85.9 cm³/mol. The number of aromatic nitrogens is 3. The molecule has 2 heterocycles. The molecule has 0 aliphatic heterocycles. The zero-order chi connectivity index (χ0) is 15.4. The van der Waals surface area contributed by atoms with Crippen molar-refractivity contribution in [1.29, 1.82) is 0 Å². The average molecular weight is 361 g/mol. The Bertz CT molecular complexity index is 789. The van der Waals surface area contributed by atoms with Gasteiger partial charge in [-0.3, -0.25) is 9.20 Å². The van der Waals surface area contributed by atoms with Gasteiger partial charge in [0.05, 0.1) is 18.7 Å². The molecule has 2 aromatic heterocycles. The Morgan fingerprint density at radius 2 is 2.14 bits per heavy atom. The van der Waals surface area contributed by atoms with Crippen LogP contribution in [0.5, 0.6) is 5.75 Å². The summed E-state index contributed by atoms with van der Waals surface area (Å²) in [5, 5.41) is 10.6. The number of hydrogen-bond donors (Lipinski definition) is 1. The van der Waals surface area contributed by atoms with E-state index < -0.39 is 0 Å². The molecule has 0 unspecified atom stereocenters. The van der Waals surface area contributed by atoms with Crippen LogP contribution in [0.4, 0.5) is 5.69 Å². The molecule has 3 rings (SSSR count). The van der Waals surface area contributed by atoms with Crippen LogP contribution in [0.3, 0.4) is 0 Å². The van der Waals surface area contributed by atoms with E-state index in [1.807, 2.05) is 36.5 Å². The number of benzene rings is 1. The molecule has 0 aliphatic rings. The highest BCUT2D eigenvalue weighted by molar-refractivity contribution is 9.10. The summed E-state index contributed by atoms with van der Waals surface area (Å²) in [4.78, 5) is 12.0. The van der Waals surface area contributed by atoms with Gasteiger partial charge in [-0.05, 0) is 34.1 Å². The number of pyridine rings is 1. The van der Waals surface area contributed by atoms with Gasteiger partial charge in [0, 0.05) is 10.7 Å². The first-order valence-corrected chi connectivity index (χ1v) is 7.48. The molecule has 0 saturated heterocycles. The number of fused-ring (bicyclic) bond motifs is 1. The van der Waals surface area contributed by atoms with Gasteiger partial charge in [-0.1, -0.05) is 18.2 Å². The van der Waals surface area contributed by atoms with Gasteiger partial charge in [0.25, 0.3) is 0 Å². The fourth-order valence-electron chi connectivity index (χ4n) is 1.99. The molecular weight excluding hydrogens is 348 g/mol. The molecule has 0 aliphatic carbocycles. The van der Waals surface area contributed by atoms with Gasteiger partial charge >= 0.3 is 0 Å². The van der Waals surface area contributed by atoms with Crippen molar-refractivity contribution in [1.82, 2.24) is 14.6 Å². The highest BCUT2D eigenvalue weighted by Crippen LogP contribution is 2.20. The molecule has 3 aromatic rings. The topological polar surface area (TPSA) is 68.5 Å². The molecule has 0 saturated carbocycles. The summed E-state index contributed by atoms with van der Waals surface area (Å²) in [6.45, 7) is 0.312. The number of carbonyl (C=O) groups is 1. The Labute approximate surface area is 135 Å². The fourth-order valence-corrected chi connectivity index (χ4v) is 2.43. The zero-order valence-corrected chi connectivity index (χ0v) is 13.2. The number of halogens is 1. The largest absolute Gasteiger partial charge is 0.493 e. The van der Waals surface area contributed by atoms with Crippen LogP contribution in [-0.2, 0) is 4.79 Å². The van der Waals surface area contributed by atoms with Crippen molar-refractivity contribution >= 4 is 33.2 Å². The van der Waals surface area contributed by atoms with E-state index >= 15 is 0 Å². The predicted octanol–water partition coefficient (Wildman–Crippen LogP) is 2.90. The van der Waals surface area contributed by atoms with E-state index in [2.05, 4.69) is 31.4 Å². The molecule has 1 aromatic carbocycles. The Kier molecular flexibility index (Phi) is 4.34. The third kappa shape index (κ3) is 3.43. The van der Waals surface area contributed by atoms with Crippen LogP contribution in [0.1, 0.15) is 6.42 Å². The highest BCUT2D eigenvalue weighted by atomic mass is 79.9. The van der Waals surface area contributed by atoms with Gasteiger partial charge < -0.3 is 10.1 Å². The third-order valence-corrected chi connectivity index (χ3v) is 3.41. The first-order chi connectivity index (χ1) is 10.7. The maximum absolute atomic E-state index is 12.0. The highest BCUT2D eigenvalue weighted by Gasteiger charge is 2.09. The van der Waals surface area contributed by atoms with E-state index in [0.717, 1.165) is 10.2 Å². The molecule has 0 spiro atoms. The van der Waals surface area contributed by atoms with Crippen LogP contribution >= 0.6 is 15.9 Å². The van der Waals surface area contributed by atoms with Gasteiger partial charge in [-0.2, -0.15) is 0 Å². The SMILES string of the molecule is O=C(CCOc1ccccc1)Nc1cc(Br)cn2cnnc12. The normalized spacial score (nSPS) is 10.6. The molecule has 6 nitrogen and oxygen atoms in total. The average Bonchev–Trinajstić information content (AvgIpc) is 2.96. The summed E-state index contributed by atoms with van der Waals surface area (Å²) in [6.07, 6.45) is 3.65. The van der Waals surface area contributed by atoms with E-state index in [0.29, 0.717) is 17.9 Å². The Morgan fingerprint density at radius 1 is 1.32 bits per heavy atom. The van der Waals surface area contributed by atoms with Gasteiger partial charge in [0.1, 0.15) is 12.1 Å². The number of rotatable bonds is 5. The Balaban J connectivity index is 1.60. The molecule has 22 heavy (non-hydrogen) atoms. The molecule has 1 N–H and O–H groups in total. The van der Waals surface area contributed by atoms with Gasteiger partial charge in [-0.25, -0.2) is 0 Å². The minimum absolute atomic E-state index is 0.140. The third-order valence-electron chi connectivity index (χ3n) is 2.97. The van der Waals surface area contributed by atoms with Gasteiger partial charge in [-0.15, -0.1) is 10.2 Å². The van der Waals surface area contributed by atoms with E-state index in [1.54, 1.807) is 16.8 Å². The first kappa shape index (κ1) is 14.5. The van der Waals surface area contributed by atoms with Crippen molar-refractivity contribution in [3.8, 4) is 5.75 Å². The van der Waals surface area contributed by atoms with Crippen molar-refractivity contribution in [2.45, 2.75) is 6.42 Å². The summed E-state index contributed by atoms with van der Waals surface area (Å²) >= 11 is 3.39. The number of para-hydroxylation sites is 1. The molecule has 1 amide bonds. The number of nitrogens with one attached hydrogen (secondary N) is 1. The van der Waals surface area contributed by atoms with Gasteiger partial charge in [0.15, 0.2) is 5.65 Å². The summed E-state index contributed by atoms with van der Waals surface area (Å²) in [5.74, 6) is 0.608. The van der Waals surface area contributed by atoms with Crippen LogP contribution in [-0.4, -0.2) is 27.1 Å². The Hall–Kier alpha value is -2.41. The number of carbonyl (C=O) groups excluding carboxylic acids is 1. The number of nitrogens with zero attached hydrogens (tertiary/aromatic N) is 3. The maximum Gasteiger partial charge on any atom is 0.227 e. The molecule has 0 fully saturated rings. The van der Waals surface area contributed by atoms with Crippen LogP contribution in [0, 0.1) is 0 Å². The number of ether oxygens (including phenoxy) is 1. The quantitative estimate of drug-likeness (QED) is 0.759. The zero-order valence-electron chi connectivity index (χ0n) is 11.6. The van der Waals surface area contributed by atoms with Crippen molar-refractivity contribution in [3.63, 3.8) is 0 Å². The fraction of sp³-hybridized carbons (Fsp3) is 0.133. The number of amides is 1. The molecule has 0 radical (unpaired) electrons. The number of anilines is 1.